The maximum atomic E-state index is 13.5. The van der Waals surface area contributed by atoms with Crippen molar-refractivity contribution in [1.29, 1.82) is 0 Å². The summed E-state index contributed by atoms with van der Waals surface area (Å²) in [6, 6.07) is 20.7. The van der Waals surface area contributed by atoms with E-state index in [4.69, 9.17) is 4.42 Å². The summed E-state index contributed by atoms with van der Waals surface area (Å²) in [5.74, 6) is 0.656. The third-order valence-corrected chi connectivity index (χ3v) is 8.65. The number of piperazine rings is 1. The third-order valence-electron chi connectivity index (χ3n) is 5.60. The van der Waals surface area contributed by atoms with Gasteiger partial charge in [0.15, 0.2) is 0 Å². The normalized spacial score (nSPS) is 15.1. The van der Waals surface area contributed by atoms with E-state index in [1.165, 1.54) is 16.9 Å². The van der Waals surface area contributed by atoms with Crippen molar-refractivity contribution in [2.24, 2.45) is 0 Å². The predicted molar refractivity (Wildman–Crippen MR) is 133 cm³/mol. The van der Waals surface area contributed by atoms with Crippen LogP contribution in [0.15, 0.2) is 90.9 Å². The third kappa shape index (κ3) is 4.77. The molecule has 33 heavy (non-hydrogen) atoms. The summed E-state index contributed by atoms with van der Waals surface area (Å²) in [5, 5.41) is 1.90. The van der Waals surface area contributed by atoms with Gasteiger partial charge in [-0.1, -0.05) is 52.3 Å². The molecule has 0 bridgehead atoms. The van der Waals surface area contributed by atoms with E-state index in [2.05, 4.69) is 37.9 Å². The summed E-state index contributed by atoms with van der Waals surface area (Å²) >= 11 is 4.84. The van der Waals surface area contributed by atoms with E-state index in [0.717, 1.165) is 29.0 Å². The second-order valence-electron chi connectivity index (χ2n) is 7.81. The maximum Gasteiger partial charge on any atom is 0.240 e. The molecule has 4 aromatic rings. The minimum atomic E-state index is -3.84. The van der Waals surface area contributed by atoms with Crippen LogP contribution in [0.2, 0.25) is 0 Å². The largest absolute Gasteiger partial charge is 0.418 e. The van der Waals surface area contributed by atoms with Gasteiger partial charge in [0.05, 0.1) is 9.77 Å². The minimum absolute atomic E-state index is 0.0234. The van der Waals surface area contributed by atoms with Crippen molar-refractivity contribution in [1.82, 2.24) is 9.88 Å². The first-order valence-electron chi connectivity index (χ1n) is 10.6. The highest BCUT2D eigenvalue weighted by molar-refractivity contribution is 9.10. The maximum absolute atomic E-state index is 13.5. The number of sulfone groups is 1. The highest BCUT2D eigenvalue weighted by atomic mass is 79.9. The number of thiophene rings is 1. The number of hydrogen-bond acceptors (Lipinski definition) is 7. The fourth-order valence-corrected chi connectivity index (χ4v) is 6.09. The van der Waals surface area contributed by atoms with Crippen LogP contribution >= 0.6 is 27.3 Å². The molecular formula is C24H22BrN3O3S2. The molecule has 1 fully saturated rings. The molecule has 0 unspecified atom stereocenters. The molecule has 0 spiro atoms. The Morgan fingerprint density at radius 1 is 0.939 bits per heavy atom. The molecule has 2 aromatic carbocycles. The van der Waals surface area contributed by atoms with Crippen LogP contribution in [0.3, 0.4) is 0 Å². The second kappa shape index (κ2) is 9.42. The number of nitrogens with zero attached hydrogens (tertiary/aromatic N) is 3. The molecule has 6 nitrogen and oxygen atoms in total. The van der Waals surface area contributed by atoms with E-state index < -0.39 is 9.84 Å². The second-order valence-corrected chi connectivity index (χ2v) is 11.5. The zero-order valence-electron chi connectivity index (χ0n) is 17.7. The van der Waals surface area contributed by atoms with Crippen LogP contribution in [0.4, 0.5) is 5.88 Å². The van der Waals surface area contributed by atoms with Gasteiger partial charge in [-0.05, 0) is 41.3 Å². The fourth-order valence-electron chi connectivity index (χ4n) is 3.85. The lowest BCUT2D eigenvalue weighted by Gasteiger charge is -2.34. The molecule has 9 heteroatoms. The van der Waals surface area contributed by atoms with Gasteiger partial charge >= 0.3 is 0 Å². The molecule has 1 aliphatic heterocycles. The topological polar surface area (TPSA) is 66.7 Å². The molecule has 5 rings (SSSR count). The van der Waals surface area contributed by atoms with Crippen LogP contribution in [-0.4, -0.2) is 44.5 Å². The first-order valence-corrected chi connectivity index (χ1v) is 13.7. The Balaban J connectivity index is 1.44. The van der Waals surface area contributed by atoms with Crippen LogP contribution in [0.5, 0.6) is 0 Å². The van der Waals surface area contributed by atoms with Gasteiger partial charge in [-0.2, -0.15) is 4.98 Å². The molecule has 0 saturated carbocycles. The van der Waals surface area contributed by atoms with Crippen molar-refractivity contribution >= 4 is 43.0 Å². The van der Waals surface area contributed by atoms with Crippen molar-refractivity contribution in [2.75, 3.05) is 31.1 Å². The van der Waals surface area contributed by atoms with Crippen LogP contribution < -0.4 is 4.90 Å². The number of oxazole rings is 1. The van der Waals surface area contributed by atoms with E-state index in [-0.39, 0.29) is 9.92 Å². The Morgan fingerprint density at radius 3 is 2.33 bits per heavy atom. The molecule has 1 aliphatic rings. The molecule has 170 valence electrons. The SMILES string of the molecule is O=S(=O)(c1ccc(Br)cc1)c1nc(-c2cccs2)oc1N1CCN(Cc2ccccc2)CC1. The van der Waals surface area contributed by atoms with Crippen LogP contribution in [0.1, 0.15) is 5.56 Å². The van der Waals surface area contributed by atoms with Crippen LogP contribution in [0, 0.1) is 0 Å². The van der Waals surface area contributed by atoms with Gasteiger partial charge in [0.25, 0.3) is 0 Å². The summed E-state index contributed by atoms with van der Waals surface area (Å²) in [6.45, 7) is 3.81. The number of rotatable bonds is 6. The summed E-state index contributed by atoms with van der Waals surface area (Å²) in [7, 11) is -3.84. The predicted octanol–water partition coefficient (Wildman–Crippen LogP) is 5.32. The van der Waals surface area contributed by atoms with Crippen molar-refractivity contribution in [3.8, 4) is 10.8 Å². The lowest BCUT2D eigenvalue weighted by Crippen LogP contribution is -2.46. The van der Waals surface area contributed by atoms with Crippen molar-refractivity contribution in [3.63, 3.8) is 0 Å². The highest BCUT2D eigenvalue weighted by Crippen LogP contribution is 2.36. The lowest BCUT2D eigenvalue weighted by molar-refractivity contribution is 0.245. The molecule has 2 aromatic heterocycles. The van der Waals surface area contributed by atoms with Gasteiger partial charge in [-0.15, -0.1) is 11.3 Å². The Bertz CT molecular complexity index is 1310. The number of benzene rings is 2. The summed E-state index contributed by atoms with van der Waals surface area (Å²) < 4.78 is 34.0. The van der Waals surface area contributed by atoms with Gasteiger partial charge in [0, 0.05) is 37.2 Å². The molecule has 0 aliphatic carbocycles. The summed E-state index contributed by atoms with van der Waals surface area (Å²) in [6.07, 6.45) is 0. The monoisotopic (exact) mass is 543 g/mol. The Labute approximate surface area is 205 Å². The highest BCUT2D eigenvalue weighted by Gasteiger charge is 2.33. The first-order chi connectivity index (χ1) is 16.0. The van der Waals surface area contributed by atoms with Gasteiger partial charge in [0.1, 0.15) is 0 Å². The van der Waals surface area contributed by atoms with Gasteiger partial charge in [-0.3, -0.25) is 4.90 Å². The first kappa shape index (κ1) is 22.3. The van der Waals surface area contributed by atoms with Crippen molar-refractivity contribution < 1.29 is 12.8 Å². The fraction of sp³-hybridized carbons (Fsp3) is 0.208. The molecule has 1 saturated heterocycles. The Hall–Kier alpha value is -2.46. The van der Waals surface area contributed by atoms with Gasteiger partial charge in [0.2, 0.25) is 26.6 Å². The van der Waals surface area contributed by atoms with E-state index in [0.29, 0.717) is 24.9 Å². The van der Waals surface area contributed by atoms with Gasteiger partial charge < -0.3 is 9.32 Å². The van der Waals surface area contributed by atoms with Crippen LogP contribution in [-0.2, 0) is 16.4 Å². The Morgan fingerprint density at radius 2 is 1.67 bits per heavy atom. The molecule has 3 heterocycles. The molecule has 0 radical (unpaired) electrons. The number of anilines is 1. The van der Waals surface area contributed by atoms with Gasteiger partial charge in [-0.25, -0.2) is 8.42 Å². The summed E-state index contributed by atoms with van der Waals surface area (Å²) in [4.78, 5) is 9.83. The standard InChI is InChI=1S/C24H22BrN3O3S2/c25-19-8-10-20(11-9-19)33(29,30)23-24(31-22(26-23)21-7-4-16-32-21)28-14-12-27(13-15-28)17-18-5-2-1-3-6-18/h1-11,16H,12-15,17H2. The number of hydrogen-bond donors (Lipinski definition) is 0. The zero-order valence-corrected chi connectivity index (χ0v) is 20.9. The molecular weight excluding hydrogens is 522 g/mol. The van der Waals surface area contributed by atoms with Crippen molar-refractivity contribution in [3.05, 3.63) is 82.1 Å². The lowest BCUT2D eigenvalue weighted by atomic mass is 10.2. The van der Waals surface area contributed by atoms with Crippen molar-refractivity contribution in [2.45, 2.75) is 16.5 Å². The molecule has 0 amide bonds. The average molecular weight is 544 g/mol. The smallest absolute Gasteiger partial charge is 0.240 e. The average Bonchev–Trinajstić information content (AvgIpc) is 3.51. The Kier molecular flexibility index (Phi) is 6.38. The zero-order chi connectivity index (χ0) is 22.8. The number of halogens is 1. The molecule has 0 N–H and O–H groups in total. The molecule has 0 atom stereocenters. The van der Waals surface area contributed by atoms with E-state index in [9.17, 15) is 8.42 Å². The number of aromatic nitrogens is 1. The minimum Gasteiger partial charge on any atom is -0.418 e. The van der Waals surface area contributed by atoms with E-state index >= 15 is 0 Å². The van der Waals surface area contributed by atoms with E-state index in [1.54, 1.807) is 24.3 Å². The summed E-state index contributed by atoms with van der Waals surface area (Å²) in [5.41, 5.74) is 1.27. The van der Waals surface area contributed by atoms with E-state index in [1.807, 2.05) is 40.6 Å². The van der Waals surface area contributed by atoms with Crippen LogP contribution in [0.25, 0.3) is 10.8 Å². The quantitative estimate of drug-likeness (QED) is 0.328.